The monoisotopic (exact) mass is 454 g/mol. The molecule has 1 aromatic heterocycles. The molecule has 0 radical (unpaired) electrons. The predicted octanol–water partition coefficient (Wildman–Crippen LogP) is 2.38. The van der Waals surface area contributed by atoms with E-state index in [0.29, 0.717) is 24.2 Å². The van der Waals surface area contributed by atoms with Gasteiger partial charge in [-0.05, 0) is 37.1 Å². The fraction of sp³-hybridized carbons (Fsp3) is 0.476. The van der Waals surface area contributed by atoms with E-state index in [2.05, 4.69) is 5.10 Å². The molecule has 32 heavy (non-hydrogen) atoms. The third-order valence-corrected chi connectivity index (χ3v) is 5.99. The summed E-state index contributed by atoms with van der Waals surface area (Å²) < 4.78 is 55.1. The van der Waals surface area contributed by atoms with Crippen LogP contribution in [0.5, 0.6) is 0 Å². The Kier molecular flexibility index (Phi) is 5.93. The first-order chi connectivity index (χ1) is 15.1. The lowest BCUT2D eigenvalue weighted by Gasteiger charge is -2.29. The van der Waals surface area contributed by atoms with Gasteiger partial charge >= 0.3 is 12.1 Å². The minimum atomic E-state index is -4.62. The number of alkyl halides is 3. The van der Waals surface area contributed by atoms with Gasteiger partial charge in [0.25, 0.3) is 0 Å². The van der Waals surface area contributed by atoms with Crippen molar-refractivity contribution in [3.8, 4) is 0 Å². The summed E-state index contributed by atoms with van der Waals surface area (Å²) in [5, 5.41) is 12.9. The van der Waals surface area contributed by atoms with Crippen molar-refractivity contribution >= 4 is 11.9 Å². The van der Waals surface area contributed by atoms with E-state index in [1.54, 1.807) is 4.90 Å². The summed E-state index contributed by atoms with van der Waals surface area (Å²) in [6.07, 6.45) is -4.13. The molecule has 1 amide bonds. The fourth-order valence-electron chi connectivity index (χ4n) is 4.28. The molecule has 7 nitrogen and oxygen atoms in total. The van der Waals surface area contributed by atoms with Gasteiger partial charge in [-0.15, -0.1) is 0 Å². The highest BCUT2D eigenvalue weighted by Crippen LogP contribution is 2.35. The number of carbonyl (C=O) groups is 2. The molecule has 0 bridgehead atoms. The van der Waals surface area contributed by atoms with E-state index in [4.69, 9.17) is 5.11 Å². The van der Waals surface area contributed by atoms with Crippen LogP contribution in [-0.4, -0.2) is 62.7 Å². The first-order valence-electron chi connectivity index (χ1n) is 10.2. The van der Waals surface area contributed by atoms with Crippen molar-refractivity contribution in [2.45, 2.75) is 32.1 Å². The Morgan fingerprint density at radius 3 is 2.50 bits per heavy atom. The van der Waals surface area contributed by atoms with Crippen LogP contribution in [0.25, 0.3) is 0 Å². The Hall–Kier alpha value is -2.95. The molecule has 172 valence electrons. The number of rotatable bonds is 5. The normalized spacial score (nSPS) is 19.2. The zero-order chi connectivity index (χ0) is 23.0. The average Bonchev–Trinajstić information content (AvgIpc) is 3.34. The molecule has 1 fully saturated rings. The van der Waals surface area contributed by atoms with Gasteiger partial charge in [0.15, 0.2) is 5.69 Å². The number of fused-ring (bicyclic) bond motifs is 1. The first-order valence-corrected chi connectivity index (χ1v) is 10.2. The molecule has 11 heteroatoms. The summed E-state index contributed by atoms with van der Waals surface area (Å²) in [5.74, 6) is -2.12. The van der Waals surface area contributed by atoms with Crippen LogP contribution in [0.2, 0.25) is 0 Å². The quantitative estimate of drug-likeness (QED) is 0.702. The topological polar surface area (TPSA) is 78.7 Å². The molecular weight excluding hydrogens is 432 g/mol. The molecule has 1 N–H and O–H groups in total. The van der Waals surface area contributed by atoms with Gasteiger partial charge < -0.3 is 10.0 Å². The highest BCUT2D eigenvalue weighted by molar-refractivity contribution is 5.79. The van der Waals surface area contributed by atoms with Crippen LogP contribution in [0.1, 0.15) is 28.9 Å². The Morgan fingerprint density at radius 2 is 1.88 bits per heavy atom. The lowest BCUT2D eigenvalue weighted by Crippen LogP contribution is -2.43. The van der Waals surface area contributed by atoms with Crippen LogP contribution in [0, 0.1) is 11.7 Å². The average molecular weight is 454 g/mol. The molecule has 2 aliphatic heterocycles. The molecule has 0 aliphatic carbocycles. The summed E-state index contributed by atoms with van der Waals surface area (Å²) in [7, 11) is 0. The number of hydrogen-bond acceptors (Lipinski definition) is 4. The van der Waals surface area contributed by atoms with E-state index in [9.17, 15) is 27.2 Å². The number of hydrogen-bond donors (Lipinski definition) is 1. The number of aliphatic carboxylic acids is 1. The third kappa shape index (κ3) is 4.62. The third-order valence-electron chi connectivity index (χ3n) is 5.99. The standard InChI is InChI=1S/C21H22F4N4O3/c22-15-3-1-13(2-4-15)9-29-17-11-28(8-6-16(17)19(26-29)21(23,24)25)18(30)12-27-7-5-14(10-27)20(31)32/h1-4,14H,5-12H2,(H,31,32). The second-order valence-electron chi connectivity index (χ2n) is 8.18. The van der Waals surface area contributed by atoms with E-state index in [-0.39, 0.29) is 50.6 Å². The fourth-order valence-corrected chi connectivity index (χ4v) is 4.28. The van der Waals surface area contributed by atoms with Gasteiger partial charge in [-0.1, -0.05) is 12.1 Å². The van der Waals surface area contributed by atoms with Gasteiger partial charge in [0, 0.05) is 18.7 Å². The van der Waals surface area contributed by atoms with Crippen molar-refractivity contribution in [2.24, 2.45) is 5.92 Å². The second kappa shape index (κ2) is 8.53. The molecule has 0 spiro atoms. The Bertz CT molecular complexity index is 1020. The molecule has 2 aliphatic rings. The van der Waals surface area contributed by atoms with Crippen molar-refractivity contribution < 1.29 is 32.3 Å². The molecule has 1 atom stereocenters. The van der Waals surface area contributed by atoms with Crippen LogP contribution in [0.15, 0.2) is 24.3 Å². The Balaban J connectivity index is 1.53. The molecule has 3 heterocycles. The number of halogens is 4. The number of carbonyl (C=O) groups excluding carboxylic acids is 1. The van der Waals surface area contributed by atoms with Crippen molar-refractivity contribution in [3.05, 3.63) is 52.6 Å². The number of benzene rings is 1. The van der Waals surface area contributed by atoms with E-state index >= 15 is 0 Å². The largest absolute Gasteiger partial charge is 0.481 e. The summed E-state index contributed by atoms with van der Waals surface area (Å²) in [6, 6.07) is 5.42. The van der Waals surface area contributed by atoms with Gasteiger partial charge in [0.2, 0.25) is 5.91 Å². The predicted molar refractivity (Wildman–Crippen MR) is 104 cm³/mol. The van der Waals surface area contributed by atoms with Gasteiger partial charge in [0.1, 0.15) is 5.82 Å². The number of likely N-dealkylation sites (tertiary alicyclic amines) is 1. The van der Waals surface area contributed by atoms with Crippen LogP contribution in [0.4, 0.5) is 17.6 Å². The maximum Gasteiger partial charge on any atom is 0.435 e. The van der Waals surface area contributed by atoms with Gasteiger partial charge in [-0.2, -0.15) is 18.3 Å². The highest BCUT2D eigenvalue weighted by Gasteiger charge is 2.41. The van der Waals surface area contributed by atoms with Crippen LogP contribution in [0.3, 0.4) is 0 Å². The number of amides is 1. The number of carboxylic acids is 1. The summed E-state index contributed by atoms with van der Waals surface area (Å²) in [6.45, 7) is 0.926. The van der Waals surface area contributed by atoms with E-state index < -0.39 is 29.6 Å². The van der Waals surface area contributed by atoms with Crippen LogP contribution in [-0.2, 0) is 35.3 Å². The number of nitrogens with zero attached hydrogens (tertiary/aromatic N) is 4. The number of aromatic nitrogens is 2. The maximum absolute atomic E-state index is 13.5. The maximum atomic E-state index is 13.5. The van der Waals surface area contributed by atoms with Crippen molar-refractivity contribution in [2.75, 3.05) is 26.2 Å². The SMILES string of the molecule is O=C(O)C1CCN(CC(=O)N2CCc3c(C(F)(F)F)nn(Cc4ccc(F)cc4)c3C2)C1. The van der Waals surface area contributed by atoms with Gasteiger partial charge in [-0.3, -0.25) is 19.2 Å². The first kappa shape index (κ1) is 22.3. The molecule has 1 saturated heterocycles. The summed E-state index contributed by atoms with van der Waals surface area (Å²) in [5.41, 5.74) is 0.0260. The lowest BCUT2D eigenvalue weighted by atomic mass is 10.0. The van der Waals surface area contributed by atoms with E-state index in [1.807, 2.05) is 0 Å². The zero-order valence-corrected chi connectivity index (χ0v) is 17.1. The minimum Gasteiger partial charge on any atom is -0.481 e. The Labute approximate surface area is 181 Å². The summed E-state index contributed by atoms with van der Waals surface area (Å²) in [4.78, 5) is 27.2. The number of carboxylic acid groups (broad SMARTS) is 1. The van der Waals surface area contributed by atoms with Crippen molar-refractivity contribution in [3.63, 3.8) is 0 Å². The van der Waals surface area contributed by atoms with E-state index in [0.717, 1.165) is 0 Å². The molecule has 0 saturated carbocycles. The lowest BCUT2D eigenvalue weighted by molar-refractivity contribution is -0.143. The van der Waals surface area contributed by atoms with Gasteiger partial charge in [0.05, 0.1) is 31.2 Å². The molecular formula is C21H22F4N4O3. The zero-order valence-electron chi connectivity index (χ0n) is 17.1. The second-order valence-corrected chi connectivity index (χ2v) is 8.18. The molecule has 2 aromatic rings. The molecule has 1 aromatic carbocycles. The molecule has 4 rings (SSSR count). The van der Waals surface area contributed by atoms with Crippen molar-refractivity contribution in [1.29, 1.82) is 0 Å². The smallest absolute Gasteiger partial charge is 0.435 e. The van der Waals surface area contributed by atoms with Gasteiger partial charge in [-0.25, -0.2) is 4.39 Å². The Morgan fingerprint density at radius 1 is 1.16 bits per heavy atom. The van der Waals surface area contributed by atoms with Crippen LogP contribution < -0.4 is 0 Å². The minimum absolute atomic E-state index is 0.0192. The summed E-state index contributed by atoms with van der Waals surface area (Å²) >= 11 is 0. The highest BCUT2D eigenvalue weighted by atomic mass is 19.4. The van der Waals surface area contributed by atoms with Crippen molar-refractivity contribution in [1.82, 2.24) is 19.6 Å². The molecule has 1 unspecified atom stereocenters. The van der Waals surface area contributed by atoms with Crippen LogP contribution >= 0.6 is 0 Å². The van der Waals surface area contributed by atoms with E-state index in [1.165, 1.54) is 33.8 Å².